The van der Waals surface area contributed by atoms with Gasteiger partial charge in [-0.25, -0.2) is 0 Å². The molecule has 0 bridgehead atoms. The van der Waals surface area contributed by atoms with Crippen LogP contribution in [0.2, 0.25) is 0 Å². The first-order valence-corrected chi connectivity index (χ1v) is 10.4. The first kappa shape index (κ1) is 22.2. The molecule has 1 aliphatic rings. The molecule has 0 heterocycles. The van der Waals surface area contributed by atoms with Gasteiger partial charge in [-0.05, 0) is 12.5 Å². The van der Waals surface area contributed by atoms with Gasteiger partial charge in [0.05, 0.1) is 36.5 Å². The summed E-state index contributed by atoms with van der Waals surface area (Å²) in [4.78, 5) is 39.4. The Morgan fingerprint density at radius 2 is 1.65 bits per heavy atom. The van der Waals surface area contributed by atoms with Crippen LogP contribution in [-0.4, -0.2) is 49.6 Å². The van der Waals surface area contributed by atoms with Gasteiger partial charge in [0.2, 0.25) is 5.78 Å². The molecule has 10 nitrogen and oxygen atoms in total. The van der Waals surface area contributed by atoms with Gasteiger partial charge in [0, 0.05) is 24.1 Å². The molecule has 2 N–H and O–H groups in total. The number of Topliss-reactive ketones (excluding diaryl/α,β-unsaturated/α-hetero) is 1. The summed E-state index contributed by atoms with van der Waals surface area (Å²) < 4.78 is 46.4. The third kappa shape index (κ3) is 3.84. The molecule has 0 spiro atoms. The van der Waals surface area contributed by atoms with E-state index in [-0.39, 0.29) is 29.0 Å². The minimum Gasteiger partial charge on any atom is -0.507 e. The number of aromatic hydroxyl groups is 1. The molecule has 2 aromatic carbocycles. The van der Waals surface area contributed by atoms with Gasteiger partial charge in [-0.3, -0.25) is 18.9 Å². The summed E-state index contributed by atoms with van der Waals surface area (Å²) >= 11 is 0. The third-order valence-corrected chi connectivity index (χ3v) is 5.07. The lowest BCUT2D eigenvalue weighted by molar-refractivity contribution is 0.0952. The van der Waals surface area contributed by atoms with Gasteiger partial charge in [-0.15, -0.1) is 0 Å². The average Bonchev–Trinajstić information content (AvgIpc) is 2.69. The zero-order chi connectivity index (χ0) is 23.1. The van der Waals surface area contributed by atoms with Crippen molar-refractivity contribution in [1.29, 1.82) is 0 Å². The highest BCUT2D eigenvalue weighted by Gasteiger charge is 2.40. The molecule has 11 heteroatoms. The SMILES string of the molecule is CCCC(=O)c1c(OS(=O)(=O)O)cc(O)c2c1C(=O)c1cc(OC)cc(OC)c1C2=O. The van der Waals surface area contributed by atoms with E-state index < -0.39 is 55.9 Å². The van der Waals surface area contributed by atoms with Gasteiger partial charge in [0.1, 0.15) is 17.2 Å². The van der Waals surface area contributed by atoms with E-state index in [1.165, 1.54) is 26.4 Å². The van der Waals surface area contributed by atoms with Crippen molar-refractivity contribution in [1.82, 2.24) is 0 Å². The van der Waals surface area contributed by atoms with Crippen LogP contribution in [0.3, 0.4) is 0 Å². The Bertz CT molecular complexity index is 1230. The second-order valence-corrected chi connectivity index (χ2v) is 7.64. The van der Waals surface area contributed by atoms with E-state index in [0.29, 0.717) is 12.5 Å². The summed E-state index contributed by atoms with van der Waals surface area (Å²) in [6.07, 6.45) is 0.217. The minimum atomic E-state index is -5.10. The van der Waals surface area contributed by atoms with Crippen LogP contribution in [0.25, 0.3) is 0 Å². The van der Waals surface area contributed by atoms with Crippen LogP contribution >= 0.6 is 0 Å². The zero-order valence-corrected chi connectivity index (χ0v) is 17.5. The highest BCUT2D eigenvalue weighted by molar-refractivity contribution is 7.81. The van der Waals surface area contributed by atoms with Crippen molar-refractivity contribution in [3.8, 4) is 23.0 Å². The average molecular weight is 450 g/mol. The number of hydrogen-bond donors (Lipinski definition) is 2. The topological polar surface area (TPSA) is 154 Å². The Balaban J connectivity index is 2.42. The number of carbonyl (C=O) groups is 3. The zero-order valence-electron chi connectivity index (χ0n) is 16.7. The second kappa shape index (κ2) is 8.00. The standard InChI is InChI=1S/C20H18O10S/c1-4-5-11(21)16-14(30-31(25,26)27)8-12(22)17-18(16)19(23)10-6-9(28-2)7-13(29-3)15(10)20(17)24/h6-8,22H,4-5H2,1-3H3,(H,25,26,27). The van der Waals surface area contributed by atoms with Gasteiger partial charge in [-0.1, -0.05) is 6.92 Å². The third-order valence-electron chi connectivity index (χ3n) is 4.68. The molecule has 1 aliphatic carbocycles. The van der Waals surface area contributed by atoms with E-state index in [1.807, 2.05) is 0 Å². The molecule has 0 aromatic heterocycles. The van der Waals surface area contributed by atoms with E-state index >= 15 is 0 Å². The minimum absolute atomic E-state index is 0.0115. The molecule has 0 fully saturated rings. The number of carbonyl (C=O) groups excluding carboxylic acids is 3. The maximum atomic E-state index is 13.4. The van der Waals surface area contributed by atoms with Crippen LogP contribution in [-0.2, 0) is 10.4 Å². The van der Waals surface area contributed by atoms with Crippen molar-refractivity contribution in [3.63, 3.8) is 0 Å². The van der Waals surface area contributed by atoms with Crippen molar-refractivity contribution >= 4 is 27.7 Å². The molecular formula is C20H18O10S. The summed E-state index contributed by atoms with van der Waals surface area (Å²) in [7, 11) is -2.49. The fraction of sp³-hybridized carbons (Fsp3) is 0.250. The van der Waals surface area contributed by atoms with E-state index in [0.717, 1.165) is 0 Å². The summed E-state index contributed by atoms with van der Waals surface area (Å²) in [5.74, 6) is -3.74. The number of phenols is 1. The van der Waals surface area contributed by atoms with Crippen molar-refractivity contribution < 1.29 is 46.1 Å². The molecular weight excluding hydrogens is 432 g/mol. The molecule has 0 saturated heterocycles. The number of hydrogen-bond acceptors (Lipinski definition) is 9. The van der Waals surface area contributed by atoms with Gasteiger partial charge in [0.25, 0.3) is 0 Å². The monoisotopic (exact) mass is 450 g/mol. The van der Waals surface area contributed by atoms with Crippen LogP contribution in [0.4, 0.5) is 0 Å². The van der Waals surface area contributed by atoms with Gasteiger partial charge in [0.15, 0.2) is 17.3 Å². The predicted molar refractivity (Wildman–Crippen MR) is 106 cm³/mol. The van der Waals surface area contributed by atoms with Gasteiger partial charge in [-0.2, -0.15) is 8.42 Å². The number of ether oxygens (including phenoxy) is 2. The first-order valence-electron chi connectivity index (χ1n) is 8.99. The van der Waals surface area contributed by atoms with Crippen LogP contribution in [0.1, 0.15) is 62.0 Å². The molecule has 0 unspecified atom stereocenters. The summed E-state index contributed by atoms with van der Waals surface area (Å²) in [6, 6.07) is 3.34. The lowest BCUT2D eigenvalue weighted by Gasteiger charge is -2.24. The Hall–Kier alpha value is -3.44. The quantitative estimate of drug-likeness (QED) is 0.405. The summed E-state index contributed by atoms with van der Waals surface area (Å²) in [6.45, 7) is 1.67. The Morgan fingerprint density at radius 1 is 0.968 bits per heavy atom. The molecule has 0 radical (unpaired) electrons. The Labute approximate surface area is 177 Å². The maximum absolute atomic E-state index is 13.4. The summed E-state index contributed by atoms with van der Waals surface area (Å²) in [5, 5.41) is 10.4. The molecule has 2 aromatic rings. The van der Waals surface area contributed by atoms with Crippen LogP contribution in [0.5, 0.6) is 23.0 Å². The normalized spacial score (nSPS) is 12.8. The van der Waals surface area contributed by atoms with Crippen molar-refractivity contribution in [2.24, 2.45) is 0 Å². The fourth-order valence-corrected chi connectivity index (χ4v) is 3.81. The molecule has 0 amide bonds. The lowest BCUT2D eigenvalue weighted by atomic mass is 9.79. The van der Waals surface area contributed by atoms with Crippen LogP contribution in [0.15, 0.2) is 18.2 Å². The Morgan fingerprint density at radius 3 is 2.19 bits per heavy atom. The van der Waals surface area contributed by atoms with Crippen molar-refractivity contribution in [2.75, 3.05) is 14.2 Å². The molecule has 164 valence electrons. The molecule has 0 atom stereocenters. The van der Waals surface area contributed by atoms with E-state index in [1.54, 1.807) is 6.92 Å². The largest absolute Gasteiger partial charge is 0.507 e. The summed E-state index contributed by atoms with van der Waals surface area (Å²) in [5.41, 5.74) is -1.86. The maximum Gasteiger partial charge on any atom is 0.446 e. The van der Waals surface area contributed by atoms with Crippen molar-refractivity contribution in [2.45, 2.75) is 19.8 Å². The molecule has 0 saturated carbocycles. The Kier molecular flexibility index (Phi) is 5.74. The van der Waals surface area contributed by atoms with Crippen LogP contribution < -0.4 is 13.7 Å². The number of ketones is 3. The highest BCUT2D eigenvalue weighted by Crippen LogP contribution is 2.43. The first-order chi connectivity index (χ1) is 14.5. The smallest absolute Gasteiger partial charge is 0.446 e. The molecule has 31 heavy (non-hydrogen) atoms. The van der Waals surface area contributed by atoms with Gasteiger partial charge < -0.3 is 18.8 Å². The lowest BCUT2D eigenvalue weighted by Crippen LogP contribution is -2.26. The van der Waals surface area contributed by atoms with E-state index in [4.69, 9.17) is 14.0 Å². The van der Waals surface area contributed by atoms with Crippen LogP contribution in [0, 0.1) is 0 Å². The highest BCUT2D eigenvalue weighted by atomic mass is 32.3. The van der Waals surface area contributed by atoms with Gasteiger partial charge >= 0.3 is 10.4 Å². The molecule has 3 rings (SSSR count). The molecule has 0 aliphatic heterocycles. The van der Waals surface area contributed by atoms with Crippen molar-refractivity contribution in [3.05, 3.63) is 46.0 Å². The number of rotatable bonds is 7. The second-order valence-electron chi connectivity index (χ2n) is 6.61. The van der Waals surface area contributed by atoms with E-state index in [9.17, 15) is 27.9 Å². The fourth-order valence-electron chi connectivity index (χ4n) is 3.45. The predicted octanol–water partition coefficient (Wildman–Crippen LogP) is 2.35. The number of benzene rings is 2. The number of fused-ring (bicyclic) bond motifs is 2. The van der Waals surface area contributed by atoms with E-state index in [2.05, 4.69) is 4.18 Å². The number of methoxy groups -OCH3 is 2. The number of phenolic OH excluding ortho intramolecular Hbond substituents is 1.